The van der Waals surface area contributed by atoms with Crippen molar-refractivity contribution in [1.29, 1.82) is 0 Å². The smallest absolute Gasteiger partial charge is 0.260 e. The topological polar surface area (TPSA) is 61.9 Å². The number of carbonyl (C=O) groups excluding carboxylic acids is 2. The maximum Gasteiger partial charge on any atom is 0.260 e. The molecular weight excluding hydrogens is 361 g/mol. The van der Waals surface area contributed by atoms with E-state index in [9.17, 15) is 14.0 Å². The van der Waals surface area contributed by atoms with Crippen LogP contribution in [0.4, 0.5) is 4.39 Å². The van der Waals surface area contributed by atoms with Crippen LogP contribution in [0.3, 0.4) is 0 Å². The molecule has 0 aliphatic carbocycles. The molecule has 1 aromatic carbocycles. The Balaban J connectivity index is 1.19. The molecule has 6 nitrogen and oxygen atoms in total. The second kappa shape index (κ2) is 8.47. The van der Waals surface area contributed by atoms with Gasteiger partial charge in [0.25, 0.3) is 5.91 Å². The van der Waals surface area contributed by atoms with Crippen LogP contribution in [0.5, 0.6) is 5.75 Å². The Bertz CT molecular complexity index is 691. The van der Waals surface area contributed by atoms with Gasteiger partial charge in [0.05, 0.1) is 0 Å². The maximum atomic E-state index is 12.9. The molecule has 2 bridgehead atoms. The molecule has 3 saturated heterocycles. The molecule has 3 fully saturated rings. The molecule has 7 heteroatoms. The van der Waals surface area contributed by atoms with Gasteiger partial charge in [-0.25, -0.2) is 4.39 Å². The average Bonchev–Trinajstić information content (AvgIpc) is 3.05. The molecule has 1 N–H and O–H groups in total. The zero-order chi connectivity index (χ0) is 19.5. The largest absolute Gasteiger partial charge is 0.484 e. The molecule has 3 heterocycles. The van der Waals surface area contributed by atoms with E-state index in [-0.39, 0.29) is 24.2 Å². The Labute approximate surface area is 165 Å². The number of ether oxygens (including phenoxy) is 1. The summed E-state index contributed by atoms with van der Waals surface area (Å²) in [6.07, 6.45) is 5.35. The van der Waals surface area contributed by atoms with Crippen molar-refractivity contribution in [3.63, 3.8) is 0 Å². The van der Waals surface area contributed by atoms with Crippen molar-refractivity contribution >= 4 is 11.8 Å². The first-order chi connectivity index (χ1) is 13.6. The van der Waals surface area contributed by atoms with Gasteiger partial charge in [0.1, 0.15) is 11.6 Å². The minimum atomic E-state index is -0.336. The van der Waals surface area contributed by atoms with E-state index in [1.165, 1.54) is 37.1 Å². The van der Waals surface area contributed by atoms with Crippen molar-refractivity contribution in [2.75, 3.05) is 32.8 Å². The Kier molecular flexibility index (Phi) is 5.80. The molecule has 0 aromatic heterocycles. The van der Waals surface area contributed by atoms with Gasteiger partial charge in [0.15, 0.2) is 6.61 Å². The molecule has 4 rings (SSSR count). The predicted octanol–water partition coefficient (Wildman–Crippen LogP) is 1.80. The van der Waals surface area contributed by atoms with Gasteiger partial charge < -0.3 is 19.9 Å². The van der Waals surface area contributed by atoms with Gasteiger partial charge in [0.2, 0.25) is 5.91 Å². The molecular formula is C21H28FN3O3. The van der Waals surface area contributed by atoms with Gasteiger partial charge >= 0.3 is 0 Å². The Hall–Kier alpha value is -2.15. The van der Waals surface area contributed by atoms with E-state index in [4.69, 9.17) is 4.74 Å². The summed E-state index contributed by atoms with van der Waals surface area (Å²) in [4.78, 5) is 28.6. The lowest BCUT2D eigenvalue weighted by atomic mass is 9.89. The SMILES string of the molecule is O=C(COc1ccc(F)cc1)N1CCN(C(=O)CC2CC3CCC(C2)N3)CC1. The summed E-state index contributed by atoms with van der Waals surface area (Å²) in [7, 11) is 0. The molecule has 3 aliphatic rings. The van der Waals surface area contributed by atoms with E-state index in [2.05, 4.69) is 5.32 Å². The summed E-state index contributed by atoms with van der Waals surface area (Å²) in [5.41, 5.74) is 0. The number of nitrogens with zero attached hydrogens (tertiary/aromatic N) is 2. The van der Waals surface area contributed by atoms with E-state index in [1.807, 2.05) is 4.90 Å². The highest BCUT2D eigenvalue weighted by Crippen LogP contribution is 2.33. The number of nitrogens with one attached hydrogen (secondary N) is 1. The molecule has 152 valence electrons. The second-order valence-corrected chi connectivity index (χ2v) is 8.18. The fraction of sp³-hybridized carbons (Fsp3) is 0.619. The van der Waals surface area contributed by atoms with Crippen LogP contribution < -0.4 is 10.1 Å². The zero-order valence-corrected chi connectivity index (χ0v) is 16.1. The normalized spacial score (nSPS) is 27.0. The lowest BCUT2D eigenvalue weighted by Crippen LogP contribution is -2.52. The van der Waals surface area contributed by atoms with E-state index in [0.717, 1.165) is 12.8 Å². The van der Waals surface area contributed by atoms with Crippen LogP contribution in [0.25, 0.3) is 0 Å². The standard InChI is InChI=1S/C21H28FN3O3/c22-16-1-5-19(6-2-16)28-14-21(27)25-9-7-24(8-10-25)20(26)13-15-11-17-3-4-18(12-15)23-17/h1-2,5-6,15,17-18,23H,3-4,7-14H2. The van der Waals surface area contributed by atoms with Crippen LogP contribution in [-0.4, -0.2) is 66.5 Å². The molecule has 2 unspecified atom stereocenters. The fourth-order valence-electron chi connectivity index (χ4n) is 4.69. The molecule has 2 atom stereocenters. The van der Waals surface area contributed by atoms with Crippen molar-refractivity contribution in [3.8, 4) is 5.75 Å². The Morgan fingerprint density at radius 3 is 2.14 bits per heavy atom. The summed E-state index contributed by atoms with van der Waals surface area (Å²) in [6, 6.07) is 6.83. The molecule has 0 saturated carbocycles. The lowest BCUT2D eigenvalue weighted by Gasteiger charge is -2.36. The van der Waals surface area contributed by atoms with Crippen LogP contribution in [-0.2, 0) is 9.59 Å². The van der Waals surface area contributed by atoms with Gasteiger partial charge in [-0.15, -0.1) is 0 Å². The zero-order valence-electron chi connectivity index (χ0n) is 16.1. The Morgan fingerprint density at radius 2 is 1.54 bits per heavy atom. The molecule has 2 amide bonds. The number of amides is 2. The van der Waals surface area contributed by atoms with E-state index >= 15 is 0 Å². The van der Waals surface area contributed by atoms with Crippen LogP contribution >= 0.6 is 0 Å². The number of piperidine rings is 1. The fourth-order valence-corrected chi connectivity index (χ4v) is 4.69. The summed E-state index contributed by atoms with van der Waals surface area (Å²) >= 11 is 0. The van der Waals surface area contributed by atoms with Gasteiger partial charge in [-0.3, -0.25) is 9.59 Å². The molecule has 0 radical (unpaired) electrons. The number of benzene rings is 1. The second-order valence-electron chi connectivity index (χ2n) is 8.18. The van der Waals surface area contributed by atoms with Crippen molar-refractivity contribution in [1.82, 2.24) is 15.1 Å². The van der Waals surface area contributed by atoms with Gasteiger partial charge in [0, 0.05) is 44.7 Å². The monoisotopic (exact) mass is 389 g/mol. The molecule has 0 spiro atoms. The number of piperazine rings is 1. The van der Waals surface area contributed by atoms with Gasteiger partial charge in [-0.2, -0.15) is 0 Å². The number of rotatable bonds is 5. The summed E-state index contributed by atoms with van der Waals surface area (Å²) in [6.45, 7) is 2.17. The predicted molar refractivity (Wildman–Crippen MR) is 102 cm³/mol. The van der Waals surface area contributed by atoms with E-state index < -0.39 is 0 Å². The van der Waals surface area contributed by atoms with Crippen molar-refractivity contribution in [2.24, 2.45) is 5.92 Å². The molecule has 1 aromatic rings. The van der Waals surface area contributed by atoms with E-state index in [0.29, 0.717) is 56.4 Å². The first-order valence-electron chi connectivity index (χ1n) is 10.3. The Morgan fingerprint density at radius 1 is 0.964 bits per heavy atom. The first-order valence-corrected chi connectivity index (χ1v) is 10.3. The van der Waals surface area contributed by atoms with Crippen LogP contribution in [0, 0.1) is 11.7 Å². The summed E-state index contributed by atoms with van der Waals surface area (Å²) < 4.78 is 18.3. The number of hydrogen-bond acceptors (Lipinski definition) is 4. The van der Waals surface area contributed by atoms with Crippen LogP contribution in [0.2, 0.25) is 0 Å². The number of carbonyl (C=O) groups is 2. The highest BCUT2D eigenvalue weighted by atomic mass is 19.1. The highest BCUT2D eigenvalue weighted by molar-refractivity contribution is 5.79. The number of fused-ring (bicyclic) bond motifs is 2. The third-order valence-corrected chi connectivity index (χ3v) is 6.20. The quantitative estimate of drug-likeness (QED) is 0.834. The maximum absolute atomic E-state index is 12.9. The van der Waals surface area contributed by atoms with Crippen LogP contribution in [0.15, 0.2) is 24.3 Å². The van der Waals surface area contributed by atoms with Crippen molar-refractivity contribution in [3.05, 3.63) is 30.1 Å². The third kappa shape index (κ3) is 4.63. The van der Waals surface area contributed by atoms with Gasteiger partial charge in [-0.05, 0) is 55.9 Å². The third-order valence-electron chi connectivity index (χ3n) is 6.20. The molecule has 28 heavy (non-hydrogen) atoms. The average molecular weight is 389 g/mol. The summed E-state index contributed by atoms with van der Waals surface area (Å²) in [5, 5.41) is 3.62. The van der Waals surface area contributed by atoms with Crippen molar-refractivity contribution in [2.45, 2.75) is 44.2 Å². The lowest BCUT2D eigenvalue weighted by molar-refractivity contribution is -0.141. The minimum absolute atomic E-state index is 0.0720. The minimum Gasteiger partial charge on any atom is -0.484 e. The van der Waals surface area contributed by atoms with E-state index in [1.54, 1.807) is 4.90 Å². The number of halogens is 1. The van der Waals surface area contributed by atoms with Crippen molar-refractivity contribution < 1.29 is 18.7 Å². The summed E-state index contributed by atoms with van der Waals surface area (Å²) in [5.74, 6) is 0.749. The van der Waals surface area contributed by atoms with Crippen LogP contribution in [0.1, 0.15) is 32.1 Å². The van der Waals surface area contributed by atoms with Gasteiger partial charge in [-0.1, -0.05) is 0 Å². The first kappa shape index (κ1) is 19.2. The number of hydrogen-bond donors (Lipinski definition) is 1. The highest BCUT2D eigenvalue weighted by Gasteiger charge is 2.35. The molecule has 3 aliphatic heterocycles.